The van der Waals surface area contributed by atoms with Gasteiger partial charge in [0.15, 0.2) is 0 Å². The van der Waals surface area contributed by atoms with E-state index in [2.05, 4.69) is 167 Å². The highest BCUT2D eigenvalue weighted by molar-refractivity contribution is 7.00. The smallest absolute Gasteiger partial charge is 0.252 e. The molecule has 0 saturated heterocycles. The van der Waals surface area contributed by atoms with Crippen LogP contribution in [-0.4, -0.2) is 6.71 Å². The Bertz CT molecular complexity index is 2390. The molecule has 0 aliphatic carbocycles. The summed E-state index contributed by atoms with van der Waals surface area (Å²) in [5.41, 5.74) is 23.1. The van der Waals surface area contributed by atoms with Crippen LogP contribution in [0, 0.1) is 6.92 Å². The number of unbranched alkanes of at least 4 members (excludes halogenated alkanes) is 5. The Hall–Kier alpha value is -5.02. The summed E-state index contributed by atoms with van der Waals surface area (Å²) >= 11 is 0. The normalized spacial score (nSPS) is 12.7. The molecule has 2 aliphatic heterocycles. The molecule has 308 valence electrons. The first-order chi connectivity index (χ1) is 29.5. The van der Waals surface area contributed by atoms with Crippen LogP contribution in [0.3, 0.4) is 0 Å². The van der Waals surface area contributed by atoms with Crippen molar-refractivity contribution in [1.82, 2.24) is 0 Å². The third-order valence-corrected chi connectivity index (χ3v) is 13.2. The van der Waals surface area contributed by atoms with Gasteiger partial charge in [-0.1, -0.05) is 133 Å². The molecule has 0 aromatic heterocycles. The lowest BCUT2D eigenvalue weighted by Crippen LogP contribution is -2.61. The van der Waals surface area contributed by atoms with Gasteiger partial charge in [0.2, 0.25) is 0 Å². The van der Waals surface area contributed by atoms with E-state index < -0.39 is 0 Å². The van der Waals surface area contributed by atoms with E-state index in [9.17, 15) is 0 Å². The topological polar surface area (TPSA) is 6.48 Å². The molecule has 2 heterocycles. The van der Waals surface area contributed by atoms with Crippen LogP contribution in [0.4, 0.5) is 34.1 Å². The number of hydrogen-bond donors (Lipinski definition) is 0. The fraction of sp³-hybridized carbons (Fsp3) is 0.368. The van der Waals surface area contributed by atoms with Crippen LogP contribution in [0.15, 0.2) is 115 Å². The molecule has 0 saturated carbocycles. The Balaban J connectivity index is 1.39. The van der Waals surface area contributed by atoms with Gasteiger partial charge in [-0.25, -0.2) is 0 Å². The zero-order valence-corrected chi connectivity index (χ0v) is 37.5. The maximum Gasteiger partial charge on any atom is 0.252 e. The van der Waals surface area contributed by atoms with Crippen molar-refractivity contribution < 1.29 is 0 Å². The first-order valence-electron chi connectivity index (χ1n) is 23.8. The summed E-state index contributed by atoms with van der Waals surface area (Å²) in [5.74, 6) is 0. The van der Waals surface area contributed by atoms with Crippen LogP contribution < -0.4 is 26.2 Å². The molecule has 0 atom stereocenters. The van der Waals surface area contributed by atoms with E-state index in [0.29, 0.717) is 0 Å². The molecular formula is C57H67BN2. The molecule has 2 aliphatic rings. The standard InChI is InChI=1S/C57H67BN2/c1-7-12-17-42-22-29-47(30-23-42)49-38-44(19-14-9-3)26-33-52(49)60-54-35-28-46(21-16-11-5)40-51(54)58-50-39-45(20-15-10-4)27-34-53(50)59(55-36-41(6)37-56(60)57(55)58)48-31-24-43(25-32-48)18-13-8-2/h22-40H,7-21H2,1-6H3. The number of benzene rings is 6. The van der Waals surface area contributed by atoms with E-state index in [1.165, 1.54) is 159 Å². The van der Waals surface area contributed by atoms with Gasteiger partial charge in [0, 0.05) is 34.0 Å². The molecule has 2 nitrogen and oxygen atoms in total. The predicted molar refractivity (Wildman–Crippen MR) is 264 cm³/mol. The van der Waals surface area contributed by atoms with Crippen LogP contribution in [0.25, 0.3) is 11.1 Å². The second-order valence-electron chi connectivity index (χ2n) is 17.8. The largest absolute Gasteiger partial charge is 0.311 e. The first-order valence-corrected chi connectivity index (χ1v) is 23.8. The number of aryl methyl sites for hydroxylation is 6. The summed E-state index contributed by atoms with van der Waals surface area (Å²) < 4.78 is 0. The van der Waals surface area contributed by atoms with Crippen molar-refractivity contribution in [2.75, 3.05) is 9.80 Å². The molecular weight excluding hydrogens is 723 g/mol. The van der Waals surface area contributed by atoms with Crippen LogP contribution in [0.2, 0.25) is 0 Å². The highest BCUT2D eigenvalue weighted by Crippen LogP contribution is 2.47. The fourth-order valence-electron chi connectivity index (χ4n) is 9.82. The van der Waals surface area contributed by atoms with Crippen molar-refractivity contribution in [3.05, 3.63) is 149 Å². The molecule has 0 unspecified atom stereocenters. The zero-order chi connectivity index (χ0) is 41.6. The van der Waals surface area contributed by atoms with Gasteiger partial charge < -0.3 is 9.80 Å². The Kier molecular flexibility index (Phi) is 13.3. The number of nitrogens with zero attached hydrogens (tertiary/aromatic N) is 2. The van der Waals surface area contributed by atoms with E-state index in [1.54, 1.807) is 0 Å². The van der Waals surface area contributed by atoms with Crippen LogP contribution >= 0.6 is 0 Å². The summed E-state index contributed by atoms with van der Waals surface area (Å²) in [6.07, 6.45) is 17.6. The van der Waals surface area contributed by atoms with Gasteiger partial charge in [-0.15, -0.1) is 0 Å². The van der Waals surface area contributed by atoms with Gasteiger partial charge in [-0.05, 0) is 175 Å². The monoisotopic (exact) mass is 791 g/mol. The average Bonchev–Trinajstić information content (AvgIpc) is 3.28. The minimum Gasteiger partial charge on any atom is -0.311 e. The highest BCUT2D eigenvalue weighted by atomic mass is 15.2. The van der Waals surface area contributed by atoms with Gasteiger partial charge in [0.05, 0.1) is 5.69 Å². The van der Waals surface area contributed by atoms with E-state index in [4.69, 9.17) is 0 Å². The lowest BCUT2D eigenvalue weighted by molar-refractivity contribution is 0.795. The summed E-state index contributed by atoms with van der Waals surface area (Å²) in [6.45, 7) is 13.9. The second-order valence-corrected chi connectivity index (χ2v) is 17.8. The Morgan fingerprint density at radius 3 is 1.28 bits per heavy atom. The predicted octanol–water partition coefficient (Wildman–Crippen LogP) is 14.5. The van der Waals surface area contributed by atoms with Crippen LogP contribution in [0.1, 0.15) is 132 Å². The number of anilines is 6. The van der Waals surface area contributed by atoms with E-state index in [0.717, 1.165) is 32.1 Å². The van der Waals surface area contributed by atoms with Crippen molar-refractivity contribution in [2.24, 2.45) is 0 Å². The van der Waals surface area contributed by atoms with Crippen molar-refractivity contribution in [1.29, 1.82) is 0 Å². The van der Waals surface area contributed by atoms with E-state index in [1.807, 2.05) is 0 Å². The summed E-state index contributed by atoms with van der Waals surface area (Å²) in [6, 6.07) is 46.3. The van der Waals surface area contributed by atoms with Gasteiger partial charge in [0.25, 0.3) is 6.71 Å². The van der Waals surface area contributed by atoms with Gasteiger partial charge in [0.1, 0.15) is 0 Å². The number of fused-ring (bicyclic) bond motifs is 4. The van der Waals surface area contributed by atoms with Crippen LogP contribution in [0.5, 0.6) is 0 Å². The van der Waals surface area contributed by atoms with Gasteiger partial charge >= 0.3 is 0 Å². The highest BCUT2D eigenvalue weighted by Gasteiger charge is 2.44. The maximum absolute atomic E-state index is 2.66. The third kappa shape index (κ3) is 8.47. The Labute approximate surface area is 363 Å². The minimum absolute atomic E-state index is 0.130. The van der Waals surface area contributed by atoms with Gasteiger partial charge in [-0.3, -0.25) is 0 Å². The van der Waals surface area contributed by atoms with E-state index >= 15 is 0 Å². The van der Waals surface area contributed by atoms with Crippen LogP contribution in [-0.2, 0) is 32.1 Å². The molecule has 0 bridgehead atoms. The molecule has 0 spiro atoms. The summed E-state index contributed by atoms with van der Waals surface area (Å²) in [5, 5.41) is 0. The van der Waals surface area contributed by atoms with E-state index in [-0.39, 0.29) is 6.71 Å². The molecule has 8 rings (SSSR count). The quantitative estimate of drug-likeness (QED) is 0.0799. The SMILES string of the molecule is CCCCc1ccc(-c2cc(CCCC)ccc2N2c3ccc(CCCC)cc3B3c4cc(CCCC)ccc4N(c4ccc(CCCC)cc4)c4cc(C)cc2c43)cc1. The first kappa shape index (κ1) is 41.7. The summed E-state index contributed by atoms with van der Waals surface area (Å²) in [7, 11) is 0. The zero-order valence-electron chi connectivity index (χ0n) is 37.5. The molecule has 0 fully saturated rings. The Morgan fingerprint density at radius 2 is 0.783 bits per heavy atom. The van der Waals surface area contributed by atoms with Crippen molar-refractivity contribution >= 4 is 57.2 Å². The molecule has 60 heavy (non-hydrogen) atoms. The lowest BCUT2D eigenvalue weighted by Gasteiger charge is -2.45. The van der Waals surface area contributed by atoms with Crippen molar-refractivity contribution in [2.45, 2.75) is 138 Å². The molecule has 0 N–H and O–H groups in total. The average molecular weight is 791 g/mol. The van der Waals surface area contributed by atoms with Gasteiger partial charge in [-0.2, -0.15) is 0 Å². The Morgan fingerprint density at radius 1 is 0.383 bits per heavy atom. The third-order valence-electron chi connectivity index (χ3n) is 13.2. The number of rotatable bonds is 18. The molecule has 0 amide bonds. The maximum atomic E-state index is 2.66. The molecule has 6 aromatic rings. The minimum atomic E-state index is 0.130. The second kappa shape index (κ2) is 19.1. The number of hydrogen-bond acceptors (Lipinski definition) is 2. The fourth-order valence-corrected chi connectivity index (χ4v) is 9.82. The lowest BCUT2D eigenvalue weighted by atomic mass is 9.33. The van der Waals surface area contributed by atoms with Crippen molar-refractivity contribution in [3.8, 4) is 11.1 Å². The molecule has 6 aromatic carbocycles. The van der Waals surface area contributed by atoms with Crippen molar-refractivity contribution in [3.63, 3.8) is 0 Å². The summed E-state index contributed by atoms with van der Waals surface area (Å²) in [4.78, 5) is 5.25. The molecule has 3 heteroatoms. The molecule has 0 radical (unpaired) electrons.